The number of hydrogen-bond donors (Lipinski definition) is 1. The Bertz CT molecular complexity index is 968. The third kappa shape index (κ3) is 3.55. The van der Waals surface area contributed by atoms with Gasteiger partial charge in [0.1, 0.15) is 17.5 Å². The normalized spacial score (nSPS) is 18.3. The van der Waals surface area contributed by atoms with Crippen LogP contribution >= 0.6 is 0 Å². The molecular weight excluding hydrogens is 359 g/mol. The van der Waals surface area contributed by atoms with E-state index in [0.29, 0.717) is 12.0 Å². The maximum atomic E-state index is 13.9. The molecule has 0 aliphatic heterocycles. The van der Waals surface area contributed by atoms with Crippen LogP contribution in [0.3, 0.4) is 0 Å². The zero-order chi connectivity index (χ0) is 19.0. The first-order valence-electron chi connectivity index (χ1n) is 8.33. The van der Waals surface area contributed by atoms with Crippen LogP contribution in [-0.4, -0.2) is 16.0 Å². The number of amides is 1. The van der Waals surface area contributed by atoms with Gasteiger partial charge in [0.15, 0.2) is 0 Å². The van der Waals surface area contributed by atoms with E-state index in [0.717, 1.165) is 0 Å². The summed E-state index contributed by atoms with van der Waals surface area (Å²) < 4.78 is 45.7. The summed E-state index contributed by atoms with van der Waals surface area (Å²) in [6, 6.07) is 9.41. The van der Waals surface area contributed by atoms with Crippen molar-refractivity contribution in [3.05, 3.63) is 82.8 Å². The number of nitrogens with one attached hydrogen (secondary N) is 1. The van der Waals surface area contributed by atoms with Crippen LogP contribution in [0.25, 0.3) is 0 Å². The maximum Gasteiger partial charge on any atom is 0.292 e. The smallest absolute Gasteiger partial charge is 0.292 e. The van der Waals surface area contributed by atoms with Crippen LogP contribution in [0.2, 0.25) is 0 Å². The van der Waals surface area contributed by atoms with Gasteiger partial charge in [-0.05, 0) is 36.2 Å². The van der Waals surface area contributed by atoms with E-state index in [1.165, 1.54) is 30.3 Å². The summed E-state index contributed by atoms with van der Waals surface area (Å²) in [5.74, 6) is -2.83. The Balaban J connectivity index is 1.40. The zero-order valence-corrected chi connectivity index (χ0v) is 14.0. The quantitative estimate of drug-likeness (QED) is 0.741. The molecule has 27 heavy (non-hydrogen) atoms. The van der Waals surface area contributed by atoms with Crippen molar-refractivity contribution in [3.63, 3.8) is 0 Å². The van der Waals surface area contributed by atoms with E-state index in [4.69, 9.17) is 4.52 Å². The van der Waals surface area contributed by atoms with E-state index in [-0.39, 0.29) is 41.5 Å². The Morgan fingerprint density at radius 2 is 1.78 bits per heavy atom. The molecule has 5 nitrogen and oxygen atoms in total. The molecule has 1 amide bonds. The SMILES string of the molecule is O=C(NCc1ccc(F)cc1)c1noc([C@H]2C[C@@H]2c2c(F)cccc2F)n1. The van der Waals surface area contributed by atoms with E-state index in [1.54, 1.807) is 12.1 Å². The Labute approximate surface area is 152 Å². The van der Waals surface area contributed by atoms with Crippen molar-refractivity contribution in [3.8, 4) is 0 Å². The molecule has 1 fully saturated rings. The lowest BCUT2D eigenvalue weighted by atomic mass is 10.1. The molecular formula is C19H14F3N3O2. The predicted molar refractivity (Wildman–Crippen MR) is 88.3 cm³/mol. The van der Waals surface area contributed by atoms with Crippen LogP contribution < -0.4 is 5.32 Å². The van der Waals surface area contributed by atoms with Gasteiger partial charge >= 0.3 is 0 Å². The number of carbonyl (C=O) groups is 1. The summed E-state index contributed by atoms with van der Waals surface area (Å²) in [7, 11) is 0. The highest BCUT2D eigenvalue weighted by Crippen LogP contribution is 2.55. The molecule has 1 N–H and O–H groups in total. The van der Waals surface area contributed by atoms with Crippen molar-refractivity contribution in [1.29, 1.82) is 0 Å². The van der Waals surface area contributed by atoms with Crippen molar-refractivity contribution in [1.82, 2.24) is 15.5 Å². The first-order valence-corrected chi connectivity index (χ1v) is 8.33. The molecule has 0 bridgehead atoms. The van der Waals surface area contributed by atoms with Crippen LogP contribution in [0, 0.1) is 17.5 Å². The molecule has 2 atom stereocenters. The highest BCUT2D eigenvalue weighted by molar-refractivity contribution is 5.90. The Morgan fingerprint density at radius 3 is 2.48 bits per heavy atom. The third-order valence-electron chi connectivity index (χ3n) is 4.49. The first-order chi connectivity index (χ1) is 13.0. The third-order valence-corrected chi connectivity index (χ3v) is 4.49. The van der Waals surface area contributed by atoms with E-state index in [9.17, 15) is 18.0 Å². The number of rotatable bonds is 5. The second kappa shape index (κ2) is 6.86. The van der Waals surface area contributed by atoms with Crippen LogP contribution in [0.1, 0.15) is 45.9 Å². The van der Waals surface area contributed by atoms with Crippen molar-refractivity contribution in [2.24, 2.45) is 0 Å². The number of nitrogens with zero attached hydrogens (tertiary/aromatic N) is 2. The van der Waals surface area contributed by atoms with Gasteiger partial charge in [-0.1, -0.05) is 23.4 Å². The van der Waals surface area contributed by atoms with Gasteiger partial charge in [0, 0.05) is 23.9 Å². The topological polar surface area (TPSA) is 68.0 Å². The van der Waals surface area contributed by atoms with Crippen LogP contribution in [0.5, 0.6) is 0 Å². The van der Waals surface area contributed by atoms with Gasteiger partial charge in [0.2, 0.25) is 5.89 Å². The van der Waals surface area contributed by atoms with Crippen LogP contribution in [-0.2, 0) is 6.54 Å². The van der Waals surface area contributed by atoms with Gasteiger partial charge in [-0.3, -0.25) is 4.79 Å². The molecule has 0 saturated heterocycles. The Kier molecular flexibility index (Phi) is 4.39. The lowest BCUT2D eigenvalue weighted by molar-refractivity contribution is 0.0937. The Morgan fingerprint density at radius 1 is 1.07 bits per heavy atom. The van der Waals surface area contributed by atoms with Gasteiger partial charge in [-0.15, -0.1) is 0 Å². The highest BCUT2D eigenvalue weighted by Gasteiger charge is 2.46. The number of benzene rings is 2. The largest absolute Gasteiger partial charge is 0.345 e. The summed E-state index contributed by atoms with van der Waals surface area (Å²) in [5, 5.41) is 6.23. The van der Waals surface area contributed by atoms with Gasteiger partial charge < -0.3 is 9.84 Å². The molecule has 8 heteroatoms. The van der Waals surface area contributed by atoms with Crippen LogP contribution in [0.15, 0.2) is 47.0 Å². The van der Waals surface area contributed by atoms with Gasteiger partial charge in [0.05, 0.1) is 0 Å². The van der Waals surface area contributed by atoms with Crippen molar-refractivity contribution in [2.75, 3.05) is 0 Å². The fourth-order valence-corrected chi connectivity index (χ4v) is 2.99. The Hall–Kier alpha value is -3.16. The zero-order valence-electron chi connectivity index (χ0n) is 14.0. The summed E-state index contributed by atoms with van der Waals surface area (Å²) >= 11 is 0. The minimum absolute atomic E-state index is 0.00279. The molecule has 3 aromatic rings. The van der Waals surface area contributed by atoms with Crippen molar-refractivity contribution >= 4 is 5.91 Å². The molecule has 0 unspecified atom stereocenters. The van der Waals surface area contributed by atoms with Gasteiger partial charge in [-0.2, -0.15) is 4.98 Å². The maximum absolute atomic E-state index is 13.9. The summed E-state index contributed by atoms with van der Waals surface area (Å²) in [4.78, 5) is 16.1. The fraction of sp³-hybridized carbons (Fsp3) is 0.211. The summed E-state index contributed by atoms with van der Waals surface area (Å²) in [5.41, 5.74) is 0.716. The number of aromatic nitrogens is 2. The molecule has 0 spiro atoms. The van der Waals surface area contributed by atoms with E-state index < -0.39 is 17.5 Å². The van der Waals surface area contributed by atoms with Crippen LogP contribution in [0.4, 0.5) is 13.2 Å². The second-order valence-corrected chi connectivity index (χ2v) is 6.35. The molecule has 4 rings (SSSR count). The molecule has 1 heterocycles. The predicted octanol–water partition coefficient (Wildman–Crippen LogP) is 3.69. The average molecular weight is 373 g/mol. The standard InChI is InChI=1S/C19H14F3N3O2/c20-11-6-4-10(5-7-11)9-23-18(26)17-24-19(27-25-17)13-8-12(13)16-14(21)2-1-3-15(16)22/h1-7,12-13H,8-9H2,(H,23,26)/t12-,13-/m0/s1. The first kappa shape index (κ1) is 17.3. The minimum Gasteiger partial charge on any atom is -0.345 e. The lowest BCUT2D eigenvalue weighted by Gasteiger charge is -2.02. The lowest BCUT2D eigenvalue weighted by Crippen LogP contribution is -2.24. The number of hydrogen-bond acceptors (Lipinski definition) is 4. The second-order valence-electron chi connectivity index (χ2n) is 6.35. The van der Waals surface area contributed by atoms with E-state index in [2.05, 4.69) is 15.5 Å². The fourth-order valence-electron chi connectivity index (χ4n) is 2.99. The van der Waals surface area contributed by atoms with Gasteiger partial charge in [-0.25, -0.2) is 13.2 Å². The number of halogens is 3. The van der Waals surface area contributed by atoms with Crippen molar-refractivity contribution < 1.29 is 22.5 Å². The molecule has 0 radical (unpaired) electrons. The monoisotopic (exact) mass is 373 g/mol. The summed E-state index contributed by atoms with van der Waals surface area (Å²) in [6.07, 6.45) is 0.469. The molecule has 138 valence electrons. The van der Waals surface area contributed by atoms with Gasteiger partial charge in [0.25, 0.3) is 11.7 Å². The van der Waals surface area contributed by atoms with E-state index in [1.807, 2.05) is 0 Å². The molecule has 1 aliphatic carbocycles. The highest BCUT2D eigenvalue weighted by atomic mass is 19.1. The minimum atomic E-state index is -0.612. The molecule has 1 aliphatic rings. The molecule has 2 aromatic carbocycles. The van der Waals surface area contributed by atoms with Crippen molar-refractivity contribution in [2.45, 2.75) is 24.8 Å². The molecule has 1 aromatic heterocycles. The average Bonchev–Trinajstić information content (AvgIpc) is 3.26. The molecule has 1 saturated carbocycles. The van der Waals surface area contributed by atoms with E-state index >= 15 is 0 Å². The summed E-state index contributed by atoms with van der Waals surface area (Å²) in [6.45, 7) is 0.176. The number of carbonyl (C=O) groups excluding carboxylic acids is 1.